The van der Waals surface area contributed by atoms with Gasteiger partial charge in [0.2, 0.25) is 35.4 Å². The molecule has 0 bridgehead atoms. The van der Waals surface area contributed by atoms with Crippen molar-refractivity contribution in [2.45, 2.75) is 203 Å². The van der Waals surface area contributed by atoms with Crippen LogP contribution in [-0.2, 0) is 54.7 Å². The molecule has 20 nitrogen and oxygen atoms in total. The highest BCUT2D eigenvalue weighted by molar-refractivity contribution is 5.95. The van der Waals surface area contributed by atoms with Crippen LogP contribution in [0, 0.1) is 0 Å². The van der Waals surface area contributed by atoms with E-state index in [9.17, 15) is 28.8 Å². The third kappa shape index (κ3) is 14.8. The molecule has 0 spiro atoms. The molecule has 0 saturated carbocycles. The number of benzene rings is 3. The molecule has 0 aliphatic carbocycles. The summed E-state index contributed by atoms with van der Waals surface area (Å²) in [5.41, 5.74) is 5.53. The van der Waals surface area contributed by atoms with E-state index < -0.39 is 48.3 Å². The van der Waals surface area contributed by atoms with Crippen LogP contribution in [0.25, 0.3) is 0 Å². The van der Waals surface area contributed by atoms with E-state index in [0.29, 0.717) is 50.2 Å². The Bertz CT molecular complexity index is 2720. The molecule has 20 heteroatoms. The Morgan fingerprint density at radius 3 is 1.29 bits per heavy atom. The molecule has 438 valence electrons. The minimum Gasteiger partial charge on any atom is -0.343 e. The summed E-state index contributed by atoms with van der Waals surface area (Å²) in [5.74, 6) is -1.31. The van der Waals surface area contributed by atoms with Gasteiger partial charge in [0, 0.05) is 25.2 Å². The van der Waals surface area contributed by atoms with Crippen LogP contribution in [-0.4, -0.2) is 138 Å². The average Bonchev–Trinajstić information content (AvgIpc) is 4.39. The lowest BCUT2D eigenvalue weighted by atomic mass is 9.98. The number of nitrogens with one attached hydrogen (secondary N) is 6. The van der Waals surface area contributed by atoms with E-state index in [-0.39, 0.29) is 47.5 Å². The van der Waals surface area contributed by atoms with Crippen LogP contribution in [0.5, 0.6) is 0 Å². The second-order valence-corrected chi connectivity index (χ2v) is 22.9. The van der Waals surface area contributed by atoms with E-state index in [2.05, 4.69) is 76.8 Å². The molecular weight excluding hydrogens is 1040 g/mol. The summed E-state index contributed by atoms with van der Waals surface area (Å²) in [4.78, 5) is 86.0. The number of aromatic nitrogens is 6. The van der Waals surface area contributed by atoms with Crippen molar-refractivity contribution < 1.29 is 28.8 Å². The van der Waals surface area contributed by atoms with Crippen LogP contribution in [0.2, 0.25) is 0 Å². The second kappa shape index (κ2) is 28.6. The zero-order valence-electron chi connectivity index (χ0n) is 48.2. The topological polar surface area (TPSA) is 242 Å². The molecule has 10 atom stereocenters. The molecule has 6 amide bonds. The van der Waals surface area contributed by atoms with Gasteiger partial charge in [-0.1, -0.05) is 121 Å². The van der Waals surface area contributed by atoms with Crippen LogP contribution in [0.15, 0.2) is 97.3 Å². The molecule has 82 heavy (non-hydrogen) atoms. The maximum absolute atomic E-state index is 14.3. The Labute approximate surface area is 482 Å². The molecule has 6 heterocycles. The number of amides is 6. The molecule has 4 aliphatic rings. The van der Waals surface area contributed by atoms with E-state index in [4.69, 9.17) is 0 Å². The largest absolute Gasteiger partial charge is 0.343 e. The highest BCUT2D eigenvalue weighted by atomic mass is 16.2. The third-order valence-electron chi connectivity index (χ3n) is 17.3. The van der Waals surface area contributed by atoms with Crippen molar-refractivity contribution in [1.29, 1.82) is 0 Å². The smallest absolute Gasteiger partial charge is 0.246 e. The first-order valence-electron chi connectivity index (χ1n) is 30.1. The predicted octanol–water partition coefficient (Wildman–Crippen LogP) is 5.38. The lowest BCUT2D eigenvalue weighted by molar-refractivity contribution is -0.144. The van der Waals surface area contributed by atoms with E-state index in [1.807, 2.05) is 82.4 Å². The van der Waals surface area contributed by atoms with Crippen molar-refractivity contribution in [1.82, 2.24) is 71.7 Å². The van der Waals surface area contributed by atoms with Gasteiger partial charge < -0.3 is 41.7 Å². The zero-order chi connectivity index (χ0) is 57.5. The van der Waals surface area contributed by atoms with Crippen molar-refractivity contribution in [2.75, 3.05) is 14.1 Å². The van der Waals surface area contributed by atoms with Gasteiger partial charge in [0.05, 0.1) is 36.6 Å². The molecular formula is C62H84N14O6. The number of carbonyl (C=O) groups is 6. The minimum atomic E-state index is -0.676. The van der Waals surface area contributed by atoms with Crippen molar-refractivity contribution in [3.63, 3.8) is 0 Å². The Morgan fingerprint density at radius 2 is 0.902 bits per heavy atom. The number of aryl methyl sites for hydroxylation is 4. The molecule has 3 aromatic carbocycles. The molecule has 1 unspecified atom stereocenters. The summed E-state index contributed by atoms with van der Waals surface area (Å²) in [7, 11) is 3.43. The minimum absolute atomic E-state index is 0.0483. The van der Waals surface area contributed by atoms with Gasteiger partial charge in [-0.25, -0.2) is 0 Å². The Balaban J connectivity index is 0.734. The maximum atomic E-state index is 14.3. The normalized spacial score (nSPS) is 22.5. The summed E-state index contributed by atoms with van der Waals surface area (Å²) in [6.07, 6.45) is 18.2. The standard InChI is InChI=1S/C62H84N14O6/c1-41(63-3)57(77)65-49-27-13-11-25-47-33-35-53(75(47)61(49)81)59(79)67-55(45-21-7-5-8-22-45)51-39-73(71-69-51)37-17-15-19-43-29-31-44(32-30-43)20-16-18-38-74-40-52(70-72-74)56(46-23-9-6-10-24-46)68-60(80)54-36-34-48-26-12-14-28-50(62(82)76(48)54)66-58(78)42(2)64-4/h5-10,21-24,29-32,39-42,47-50,53-56,63-64H,11-20,25-28,33-38H2,1-4H3,(H,65,77)(H,66,78)(H,67,79)(H,68,80)/t41-,42-,47-,48-,49-,50-,53-,54?,55-,56-/m0/s1. The summed E-state index contributed by atoms with van der Waals surface area (Å²) in [6.45, 7) is 4.86. The number of nitrogens with zero attached hydrogens (tertiary/aromatic N) is 8. The fourth-order valence-electron chi connectivity index (χ4n) is 12.3. The molecule has 4 aliphatic heterocycles. The maximum Gasteiger partial charge on any atom is 0.246 e. The summed E-state index contributed by atoms with van der Waals surface area (Å²) in [5, 5.41) is 36.4. The van der Waals surface area contributed by atoms with Crippen LogP contribution >= 0.6 is 0 Å². The molecule has 5 aromatic rings. The Hall–Kier alpha value is -7.32. The monoisotopic (exact) mass is 1120 g/mol. The highest BCUT2D eigenvalue weighted by Crippen LogP contribution is 2.34. The fraction of sp³-hybridized carbons (Fsp3) is 0.548. The van der Waals surface area contributed by atoms with E-state index in [1.165, 1.54) is 11.1 Å². The Morgan fingerprint density at radius 1 is 0.512 bits per heavy atom. The molecule has 9 rings (SSSR count). The van der Waals surface area contributed by atoms with E-state index >= 15 is 0 Å². The number of likely N-dealkylation sites (N-methyl/N-ethyl adjacent to an activating group) is 2. The molecule has 0 radical (unpaired) electrons. The number of hydrogen-bond acceptors (Lipinski definition) is 12. The first-order valence-corrected chi connectivity index (χ1v) is 30.1. The quantitative estimate of drug-likeness (QED) is 0.0427. The zero-order valence-corrected chi connectivity index (χ0v) is 48.2. The van der Waals surface area contributed by atoms with Crippen molar-refractivity contribution >= 4 is 35.4 Å². The van der Waals surface area contributed by atoms with Crippen molar-refractivity contribution in [2.24, 2.45) is 0 Å². The number of carbonyl (C=O) groups excluding carboxylic acids is 6. The van der Waals surface area contributed by atoms with Gasteiger partial charge >= 0.3 is 0 Å². The first kappa shape index (κ1) is 59.3. The predicted molar refractivity (Wildman–Crippen MR) is 310 cm³/mol. The first-order chi connectivity index (χ1) is 39.9. The van der Waals surface area contributed by atoms with Gasteiger partial charge in [0.15, 0.2) is 0 Å². The molecule has 6 N–H and O–H groups in total. The number of unbranched alkanes of at least 4 members (excludes halogenated alkanes) is 2. The number of hydrogen-bond donors (Lipinski definition) is 6. The average molecular weight is 1120 g/mol. The van der Waals surface area contributed by atoms with Crippen LogP contribution < -0.4 is 31.9 Å². The summed E-state index contributed by atoms with van der Waals surface area (Å²) < 4.78 is 3.68. The molecule has 4 saturated heterocycles. The molecule has 4 fully saturated rings. The van der Waals surface area contributed by atoms with E-state index in [0.717, 1.165) is 101 Å². The van der Waals surface area contributed by atoms with Crippen molar-refractivity contribution in [3.8, 4) is 0 Å². The highest BCUT2D eigenvalue weighted by Gasteiger charge is 2.46. The summed E-state index contributed by atoms with van der Waals surface area (Å²) >= 11 is 0. The SMILES string of the molecule is CN[C@@H](C)C(=O)N[C@H]1CCCC[C@H]2CCC(C(=O)N[C@@H](c3ccccc3)c3cn(CCCCc4ccc(CCCCn5cc([C@@H](NC(=O)[C@@H]6CC[C@@H]7CCCC[C@H](NC(=O)[C@H](C)NC)C(=O)N76)c6ccccc6)nn5)cc4)nn3)N2C1=O. The number of fused-ring (bicyclic) bond motifs is 2. The van der Waals surface area contributed by atoms with Crippen molar-refractivity contribution in [3.05, 3.63) is 131 Å². The van der Waals surface area contributed by atoms with Gasteiger partial charge in [-0.15, -0.1) is 10.2 Å². The van der Waals surface area contributed by atoms with E-state index in [1.54, 1.807) is 37.7 Å². The van der Waals surface area contributed by atoms with Gasteiger partial charge in [-0.05, 0) is 140 Å². The van der Waals surface area contributed by atoms with Crippen LogP contribution in [0.4, 0.5) is 0 Å². The lowest BCUT2D eigenvalue weighted by Crippen LogP contribution is -2.58. The van der Waals surface area contributed by atoms with Gasteiger partial charge in [-0.3, -0.25) is 38.1 Å². The lowest BCUT2D eigenvalue weighted by Gasteiger charge is -2.36. The Kier molecular flexibility index (Phi) is 20.7. The van der Waals surface area contributed by atoms with Crippen LogP contribution in [0.3, 0.4) is 0 Å². The number of rotatable bonds is 24. The molecule has 2 aromatic heterocycles. The second-order valence-electron chi connectivity index (χ2n) is 22.9. The van der Waals surface area contributed by atoms with Crippen LogP contribution in [0.1, 0.15) is 162 Å². The van der Waals surface area contributed by atoms with Gasteiger partial charge in [0.25, 0.3) is 0 Å². The fourth-order valence-corrected chi connectivity index (χ4v) is 12.3. The summed E-state index contributed by atoms with van der Waals surface area (Å²) in [6, 6.07) is 23.5. The van der Waals surface area contributed by atoms with Gasteiger partial charge in [-0.2, -0.15) is 0 Å². The van der Waals surface area contributed by atoms with Gasteiger partial charge in [0.1, 0.15) is 35.6 Å². The third-order valence-corrected chi connectivity index (χ3v) is 17.3.